The molecule has 1 N–H and O–H groups in total. The van der Waals surface area contributed by atoms with Crippen molar-refractivity contribution in [3.63, 3.8) is 0 Å². The van der Waals surface area contributed by atoms with Gasteiger partial charge < -0.3 is 10.2 Å². The third-order valence-corrected chi connectivity index (χ3v) is 4.79. The number of anilines is 2. The molecule has 0 bridgehead atoms. The Kier molecular flexibility index (Phi) is 3.77. The Bertz CT molecular complexity index is 810. The van der Waals surface area contributed by atoms with E-state index in [-0.39, 0.29) is 0 Å². The Morgan fingerprint density at radius 2 is 2.21 bits per heavy atom. The van der Waals surface area contributed by atoms with Crippen molar-refractivity contribution < 1.29 is 0 Å². The highest BCUT2D eigenvalue weighted by atomic mass is 15.2. The van der Waals surface area contributed by atoms with Gasteiger partial charge in [0.25, 0.3) is 0 Å². The van der Waals surface area contributed by atoms with Crippen molar-refractivity contribution in [1.82, 2.24) is 15.0 Å². The molecular weight excluding hydrogens is 300 g/mol. The lowest BCUT2D eigenvalue weighted by Gasteiger charge is -2.20. The molecule has 1 aliphatic carbocycles. The molecule has 1 atom stereocenters. The molecule has 2 aromatic heterocycles. The summed E-state index contributed by atoms with van der Waals surface area (Å²) in [6.07, 6.45) is 5.82. The summed E-state index contributed by atoms with van der Waals surface area (Å²) in [5, 5.41) is 13.0. The standard InChI is InChI=1S/C18H20N6/c1-12-7-17(21-11-20-12)22-15-5-6-24(10-15)18-14(9-19)8-13-3-2-4-16(13)23-18/h7-8,11,15H,2-6,10H2,1H3,(H,20,21,22). The van der Waals surface area contributed by atoms with E-state index in [1.54, 1.807) is 6.33 Å². The van der Waals surface area contributed by atoms with Gasteiger partial charge in [0, 0.05) is 36.6 Å². The number of rotatable bonds is 3. The molecule has 122 valence electrons. The summed E-state index contributed by atoms with van der Waals surface area (Å²) < 4.78 is 0. The molecule has 3 heterocycles. The Hall–Kier alpha value is -2.68. The average molecular weight is 320 g/mol. The topological polar surface area (TPSA) is 77.7 Å². The van der Waals surface area contributed by atoms with Crippen LogP contribution in [0, 0.1) is 18.3 Å². The summed E-state index contributed by atoms with van der Waals surface area (Å²) in [6.45, 7) is 3.70. The maximum absolute atomic E-state index is 9.49. The number of aryl methyl sites for hydroxylation is 3. The maximum Gasteiger partial charge on any atom is 0.146 e. The molecule has 1 fully saturated rings. The molecule has 24 heavy (non-hydrogen) atoms. The smallest absolute Gasteiger partial charge is 0.146 e. The predicted molar refractivity (Wildman–Crippen MR) is 92.0 cm³/mol. The van der Waals surface area contributed by atoms with E-state index >= 15 is 0 Å². The van der Waals surface area contributed by atoms with Gasteiger partial charge in [-0.05, 0) is 44.2 Å². The molecule has 0 spiro atoms. The van der Waals surface area contributed by atoms with Crippen molar-refractivity contribution in [2.24, 2.45) is 0 Å². The number of nitrogens with one attached hydrogen (secondary N) is 1. The molecule has 2 aliphatic rings. The summed E-state index contributed by atoms with van der Waals surface area (Å²) in [5.41, 5.74) is 4.08. The van der Waals surface area contributed by atoms with Gasteiger partial charge in [0.2, 0.25) is 0 Å². The normalized spacial score (nSPS) is 19.2. The zero-order valence-electron chi connectivity index (χ0n) is 13.8. The summed E-state index contributed by atoms with van der Waals surface area (Å²) in [5.74, 6) is 1.71. The minimum atomic E-state index is 0.306. The molecule has 0 amide bonds. The largest absolute Gasteiger partial charge is 0.365 e. The molecule has 1 saturated heterocycles. The third kappa shape index (κ3) is 2.78. The fraction of sp³-hybridized carbons (Fsp3) is 0.444. The molecule has 2 aromatic rings. The lowest BCUT2D eigenvalue weighted by Crippen LogP contribution is -2.27. The predicted octanol–water partition coefficient (Wildman–Crippen LogP) is 2.23. The average Bonchev–Trinajstić information content (AvgIpc) is 3.22. The van der Waals surface area contributed by atoms with E-state index in [9.17, 15) is 5.26 Å². The van der Waals surface area contributed by atoms with Crippen molar-refractivity contribution in [3.05, 3.63) is 41.0 Å². The molecule has 1 unspecified atom stereocenters. The van der Waals surface area contributed by atoms with Crippen LogP contribution in [0.4, 0.5) is 11.6 Å². The Morgan fingerprint density at radius 3 is 3.04 bits per heavy atom. The Morgan fingerprint density at radius 1 is 1.29 bits per heavy atom. The zero-order chi connectivity index (χ0) is 16.5. The van der Waals surface area contributed by atoms with Crippen LogP contribution < -0.4 is 10.2 Å². The number of fused-ring (bicyclic) bond motifs is 1. The van der Waals surface area contributed by atoms with Gasteiger partial charge >= 0.3 is 0 Å². The van der Waals surface area contributed by atoms with E-state index in [1.807, 2.05) is 19.1 Å². The monoisotopic (exact) mass is 320 g/mol. The van der Waals surface area contributed by atoms with E-state index in [1.165, 1.54) is 11.3 Å². The molecule has 6 heteroatoms. The third-order valence-electron chi connectivity index (χ3n) is 4.79. The number of pyridine rings is 1. The van der Waals surface area contributed by atoms with Crippen LogP contribution >= 0.6 is 0 Å². The van der Waals surface area contributed by atoms with Crippen molar-refractivity contribution in [2.45, 2.75) is 38.6 Å². The molecule has 0 radical (unpaired) electrons. The molecule has 1 aliphatic heterocycles. The summed E-state index contributed by atoms with van der Waals surface area (Å²) in [6, 6.07) is 6.63. The zero-order valence-corrected chi connectivity index (χ0v) is 13.8. The van der Waals surface area contributed by atoms with E-state index in [0.717, 1.165) is 56.1 Å². The van der Waals surface area contributed by atoms with Crippen molar-refractivity contribution in [3.8, 4) is 6.07 Å². The quantitative estimate of drug-likeness (QED) is 0.934. The van der Waals surface area contributed by atoms with E-state index in [0.29, 0.717) is 11.6 Å². The van der Waals surface area contributed by atoms with Crippen molar-refractivity contribution in [2.75, 3.05) is 23.3 Å². The van der Waals surface area contributed by atoms with Gasteiger partial charge in [0.15, 0.2) is 0 Å². The van der Waals surface area contributed by atoms with Crippen LogP contribution in [0.1, 0.15) is 35.4 Å². The van der Waals surface area contributed by atoms with E-state index < -0.39 is 0 Å². The van der Waals surface area contributed by atoms with Crippen LogP contribution in [-0.4, -0.2) is 34.1 Å². The molecule has 6 nitrogen and oxygen atoms in total. The second-order valence-electron chi connectivity index (χ2n) is 6.55. The maximum atomic E-state index is 9.49. The van der Waals surface area contributed by atoms with E-state index in [4.69, 9.17) is 4.98 Å². The summed E-state index contributed by atoms with van der Waals surface area (Å²) in [7, 11) is 0. The minimum absolute atomic E-state index is 0.306. The summed E-state index contributed by atoms with van der Waals surface area (Å²) >= 11 is 0. The van der Waals surface area contributed by atoms with Crippen LogP contribution in [0.25, 0.3) is 0 Å². The van der Waals surface area contributed by atoms with Crippen LogP contribution in [-0.2, 0) is 12.8 Å². The SMILES string of the molecule is Cc1cc(NC2CCN(c3nc4c(cc3C#N)CCC4)C2)ncn1. The van der Waals surface area contributed by atoms with Crippen LogP contribution in [0.3, 0.4) is 0 Å². The van der Waals surface area contributed by atoms with Gasteiger partial charge in [-0.25, -0.2) is 15.0 Å². The van der Waals surface area contributed by atoms with Gasteiger partial charge in [-0.15, -0.1) is 0 Å². The van der Waals surface area contributed by atoms with Crippen LogP contribution in [0.2, 0.25) is 0 Å². The van der Waals surface area contributed by atoms with Gasteiger partial charge in [-0.1, -0.05) is 0 Å². The highest BCUT2D eigenvalue weighted by Gasteiger charge is 2.27. The minimum Gasteiger partial charge on any atom is -0.365 e. The van der Waals surface area contributed by atoms with Crippen LogP contribution in [0.5, 0.6) is 0 Å². The van der Waals surface area contributed by atoms with Crippen molar-refractivity contribution in [1.29, 1.82) is 5.26 Å². The fourth-order valence-corrected chi connectivity index (χ4v) is 3.60. The lowest BCUT2D eigenvalue weighted by molar-refractivity contribution is 0.797. The first-order valence-electron chi connectivity index (χ1n) is 8.46. The molecule has 0 aromatic carbocycles. The number of hydrogen-bond acceptors (Lipinski definition) is 6. The Labute approximate surface area is 141 Å². The fourth-order valence-electron chi connectivity index (χ4n) is 3.60. The second-order valence-corrected chi connectivity index (χ2v) is 6.55. The summed E-state index contributed by atoms with van der Waals surface area (Å²) in [4.78, 5) is 15.4. The number of nitrogens with zero attached hydrogens (tertiary/aromatic N) is 5. The Balaban J connectivity index is 1.52. The first-order chi connectivity index (χ1) is 11.7. The number of aromatic nitrogens is 3. The lowest BCUT2D eigenvalue weighted by atomic mass is 10.1. The first-order valence-corrected chi connectivity index (χ1v) is 8.46. The number of hydrogen-bond donors (Lipinski definition) is 1. The molecule has 4 rings (SSSR count). The highest BCUT2D eigenvalue weighted by Crippen LogP contribution is 2.29. The second kappa shape index (κ2) is 6.08. The van der Waals surface area contributed by atoms with Gasteiger partial charge in [-0.2, -0.15) is 5.26 Å². The van der Waals surface area contributed by atoms with Crippen LogP contribution in [0.15, 0.2) is 18.5 Å². The molecule has 0 saturated carbocycles. The van der Waals surface area contributed by atoms with Crippen molar-refractivity contribution >= 4 is 11.6 Å². The molecular formula is C18H20N6. The van der Waals surface area contributed by atoms with Gasteiger partial charge in [-0.3, -0.25) is 0 Å². The number of nitriles is 1. The van der Waals surface area contributed by atoms with Gasteiger partial charge in [0.05, 0.1) is 5.56 Å². The first kappa shape index (κ1) is 14.9. The highest BCUT2D eigenvalue weighted by molar-refractivity contribution is 5.58. The van der Waals surface area contributed by atoms with Gasteiger partial charge in [0.1, 0.15) is 24.0 Å². The van der Waals surface area contributed by atoms with E-state index in [2.05, 4.69) is 26.3 Å².